The first-order valence-electron chi connectivity index (χ1n) is 5.29. The van der Waals surface area contributed by atoms with Crippen LogP contribution in [0.15, 0.2) is 28.9 Å². The fraction of sp³-hybridized carbons (Fsp3) is 0.250. The van der Waals surface area contributed by atoms with Crippen LogP contribution < -0.4 is 0 Å². The lowest BCUT2D eigenvalue weighted by atomic mass is 10.3. The van der Waals surface area contributed by atoms with E-state index in [-0.39, 0.29) is 5.91 Å². The molecule has 2 aromatic heterocycles. The van der Waals surface area contributed by atoms with Crippen LogP contribution in [-0.2, 0) is 13.6 Å². The number of nitrogens with zero attached hydrogens (tertiary/aromatic N) is 2. The molecule has 0 saturated carbocycles. The quantitative estimate of drug-likeness (QED) is 0.829. The minimum atomic E-state index is -0.00674. The number of thiophene rings is 1. The van der Waals surface area contributed by atoms with Crippen LogP contribution >= 0.6 is 38.9 Å². The van der Waals surface area contributed by atoms with Crippen LogP contribution in [0.25, 0.3) is 0 Å². The van der Waals surface area contributed by atoms with Crippen molar-refractivity contribution >= 4 is 44.8 Å². The fourth-order valence-corrected chi connectivity index (χ4v) is 3.34. The molecule has 0 fully saturated rings. The van der Waals surface area contributed by atoms with Crippen molar-refractivity contribution in [1.82, 2.24) is 9.47 Å². The summed E-state index contributed by atoms with van der Waals surface area (Å²) in [7, 11) is 3.64. The molecule has 0 atom stereocenters. The van der Waals surface area contributed by atoms with Gasteiger partial charge in [-0.15, -0.1) is 11.3 Å². The Morgan fingerprint density at radius 2 is 2.28 bits per heavy atom. The van der Waals surface area contributed by atoms with Crippen molar-refractivity contribution in [2.24, 2.45) is 7.05 Å². The van der Waals surface area contributed by atoms with Gasteiger partial charge in [0.2, 0.25) is 0 Å². The summed E-state index contributed by atoms with van der Waals surface area (Å²) < 4.78 is 3.46. The molecule has 0 bridgehead atoms. The normalized spacial score (nSPS) is 10.7. The maximum Gasteiger partial charge on any atom is 0.270 e. The zero-order valence-corrected chi connectivity index (χ0v) is 13.1. The average molecular weight is 348 g/mol. The molecule has 0 radical (unpaired) electrons. The van der Waals surface area contributed by atoms with Gasteiger partial charge in [-0.3, -0.25) is 4.79 Å². The minimum Gasteiger partial charge on any atom is -0.345 e. The highest BCUT2D eigenvalue weighted by Gasteiger charge is 2.16. The first-order chi connectivity index (χ1) is 8.47. The molecule has 0 unspecified atom stereocenters. The van der Waals surface area contributed by atoms with Gasteiger partial charge in [0.25, 0.3) is 5.91 Å². The number of rotatable bonds is 3. The number of aromatic nitrogens is 1. The van der Waals surface area contributed by atoms with Crippen LogP contribution in [0, 0.1) is 0 Å². The van der Waals surface area contributed by atoms with E-state index in [1.807, 2.05) is 36.0 Å². The Bertz CT molecular complexity index is 578. The maximum atomic E-state index is 12.2. The summed E-state index contributed by atoms with van der Waals surface area (Å²) in [6.07, 6.45) is 1.86. The Morgan fingerprint density at radius 1 is 1.56 bits per heavy atom. The second kappa shape index (κ2) is 5.47. The SMILES string of the molecule is CN(Cc1ccc(Cl)s1)C(=O)c1cc(Br)cn1C. The molecule has 0 aliphatic heterocycles. The van der Waals surface area contributed by atoms with Gasteiger partial charge in [-0.25, -0.2) is 0 Å². The molecule has 2 heterocycles. The van der Waals surface area contributed by atoms with Gasteiger partial charge >= 0.3 is 0 Å². The maximum absolute atomic E-state index is 12.2. The first-order valence-corrected chi connectivity index (χ1v) is 7.27. The first kappa shape index (κ1) is 13.6. The number of halogens is 2. The summed E-state index contributed by atoms with van der Waals surface area (Å²) in [5.74, 6) is -0.00674. The van der Waals surface area contributed by atoms with Crippen LogP contribution in [0.2, 0.25) is 4.34 Å². The highest BCUT2D eigenvalue weighted by molar-refractivity contribution is 9.10. The van der Waals surface area contributed by atoms with Crippen LogP contribution in [-0.4, -0.2) is 22.4 Å². The van der Waals surface area contributed by atoms with Crippen LogP contribution in [0.4, 0.5) is 0 Å². The molecular weight excluding hydrogens is 336 g/mol. The zero-order chi connectivity index (χ0) is 13.3. The molecule has 6 heteroatoms. The summed E-state index contributed by atoms with van der Waals surface area (Å²) >= 11 is 10.7. The molecule has 0 aromatic carbocycles. The Hall–Kier alpha value is -0.780. The Balaban J connectivity index is 2.11. The van der Waals surface area contributed by atoms with Gasteiger partial charge in [0.15, 0.2) is 0 Å². The van der Waals surface area contributed by atoms with Crippen molar-refractivity contribution in [3.05, 3.63) is 43.8 Å². The van der Waals surface area contributed by atoms with E-state index in [9.17, 15) is 4.79 Å². The molecule has 0 N–H and O–H groups in total. The third-order valence-corrected chi connectivity index (χ3v) is 4.21. The zero-order valence-electron chi connectivity index (χ0n) is 9.98. The van der Waals surface area contributed by atoms with E-state index in [1.54, 1.807) is 11.9 Å². The van der Waals surface area contributed by atoms with Crippen molar-refractivity contribution in [3.63, 3.8) is 0 Å². The van der Waals surface area contributed by atoms with E-state index in [1.165, 1.54) is 11.3 Å². The van der Waals surface area contributed by atoms with Crippen LogP contribution in [0.3, 0.4) is 0 Å². The van der Waals surface area contributed by atoms with Gasteiger partial charge in [-0.1, -0.05) is 11.6 Å². The van der Waals surface area contributed by atoms with Crippen LogP contribution in [0.5, 0.6) is 0 Å². The number of hydrogen-bond acceptors (Lipinski definition) is 2. The summed E-state index contributed by atoms with van der Waals surface area (Å²) in [6.45, 7) is 0.568. The Labute approximate surface area is 123 Å². The van der Waals surface area contributed by atoms with E-state index in [2.05, 4.69) is 15.9 Å². The summed E-state index contributed by atoms with van der Waals surface area (Å²) in [5.41, 5.74) is 0.659. The molecule has 0 aliphatic carbocycles. The Kier molecular flexibility index (Phi) is 4.14. The van der Waals surface area contributed by atoms with Gasteiger partial charge in [-0.05, 0) is 34.1 Å². The number of amides is 1. The largest absolute Gasteiger partial charge is 0.345 e. The lowest BCUT2D eigenvalue weighted by molar-refractivity contribution is 0.0777. The second-order valence-corrected chi connectivity index (χ2v) is 6.74. The van der Waals surface area contributed by atoms with Crippen molar-refractivity contribution in [3.8, 4) is 0 Å². The van der Waals surface area contributed by atoms with Crippen molar-refractivity contribution in [2.75, 3.05) is 7.05 Å². The third kappa shape index (κ3) is 2.96. The van der Waals surface area contributed by atoms with Crippen molar-refractivity contribution in [2.45, 2.75) is 6.54 Å². The van der Waals surface area contributed by atoms with Gasteiger partial charge in [0, 0.05) is 29.6 Å². The van der Waals surface area contributed by atoms with E-state index < -0.39 is 0 Å². The van der Waals surface area contributed by atoms with E-state index in [0.717, 1.165) is 13.7 Å². The monoisotopic (exact) mass is 346 g/mol. The van der Waals surface area contributed by atoms with Gasteiger partial charge in [0.1, 0.15) is 5.69 Å². The molecule has 96 valence electrons. The predicted octanol–water partition coefficient (Wildman–Crippen LogP) is 3.77. The smallest absolute Gasteiger partial charge is 0.270 e. The van der Waals surface area contributed by atoms with Crippen LogP contribution in [0.1, 0.15) is 15.4 Å². The topological polar surface area (TPSA) is 25.2 Å². The summed E-state index contributed by atoms with van der Waals surface area (Å²) in [5, 5.41) is 0. The lowest BCUT2D eigenvalue weighted by Gasteiger charge is -2.16. The molecule has 18 heavy (non-hydrogen) atoms. The number of aryl methyl sites for hydroxylation is 1. The van der Waals surface area contributed by atoms with Crippen molar-refractivity contribution < 1.29 is 4.79 Å². The Morgan fingerprint density at radius 3 is 2.78 bits per heavy atom. The molecule has 0 aliphatic rings. The van der Waals surface area contributed by atoms with E-state index in [0.29, 0.717) is 12.2 Å². The standard InChI is InChI=1S/C12H12BrClN2OS/c1-15-6-8(13)5-10(15)12(17)16(2)7-9-3-4-11(14)18-9/h3-6H,7H2,1-2H3. The molecule has 2 aromatic rings. The molecule has 2 rings (SSSR count). The van der Waals surface area contributed by atoms with E-state index >= 15 is 0 Å². The predicted molar refractivity (Wildman–Crippen MR) is 78.2 cm³/mol. The summed E-state index contributed by atoms with van der Waals surface area (Å²) in [4.78, 5) is 15.0. The lowest BCUT2D eigenvalue weighted by Crippen LogP contribution is -2.27. The molecule has 1 amide bonds. The van der Waals surface area contributed by atoms with E-state index in [4.69, 9.17) is 11.6 Å². The third-order valence-electron chi connectivity index (χ3n) is 2.56. The van der Waals surface area contributed by atoms with Gasteiger partial charge in [-0.2, -0.15) is 0 Å². The molecule has 3 nitrogen and oxygen atoms in total. The highest BCUT2D eigenvalue weighted by Crippen LogP contribution is 2.23. The minimum absolute atomic E-state index is 0.00674. The molecule has 0 spiro atoms. The average Bonchev–Trinajstić information content (AvgIpc) is 2.84. The molecule has 0 saturated heterocycles. The number of carbonyl (C=O) groups is 1. The highest BCUT2D eigenvalue weighted by atomic mass is 79.9. The van der Waals surface area contributed by atoms with Gasteiger partial charge in [0.05, 0.1) is 10.9 Å². The van der Waals surface area contributed by atoms with Gasteiger partial charge < -0.3 is 9.47 Å². The number of hydrogen-bond donors (Lipinski definition) is 0. The molecular formula is C12H12BrClN2OS. The summed E-state index contributed by atoms with van der Waals surface area (Å²) in [6, 6.07) is 5.61. The fourth-order valence-electron chi connectivity index (χ4n) is 1.67. The second-order valence-electron chi connectivity index (χ2n) is 4.02. The number of carbonyl (C=O) groups excluding carboxylic acids is 1. The van der Waals surface area contributed by atoms with Crippen molar-refractivity contribution in [1.29, 1.82) is 0 Å².